The van der Waals surface area contributed by atoms with Crippen LogP contribution < -0.4 is 0 Å². The smallest absolute Gasteiger partial charge is 0.337 e. The van der Waals surface area contributed by atoms with E-state index < -0.39 is 35.2 Å². The molecule has 2 atom stereocenters. The summed E-state index contributed by atoms with van der Waals surface area (Å²) in [5.41, 5.74) is 0. The monoisotopic (exact) mass is 266 g/mol. The van der Waals surface area contributed by atoms with Gasteiger partial charge in [-0.3, -0.25) is 0 Å². The van der Waals surface area contributed by atoms with Gasteiger partial charge in [-0.25, -0.2) is 4.79 Å². The Balaban J connectivity index is 3.97. The second kappa shape index (κ2) is 5.95. The van der Waals surface area contributed by atoms with E-state index in [-0.39, 0.29) is 0 Å². The molecule has 0 aliphatic heterocycles. The predicted molar refractivity (Wildman–Crippen MR) is 50.3 cm³/mol. The maximum absolute atomic E-state index is 10.9. The number of ether oxygens (including phenoxy) is 1. The van der Waals surface area contributed by atoms with Crippen LogP contribution in [0.15, 0.2) is 0 Å². The molecule has 0 aromatic carbocycles. The van der Waals surface area contributed by atoms with E-state index in [1.807, 2.05) is 0 Å². The summed E-state index contributed by atoms with van der Waals surface area (Å²) in [7, 11) is 0. The van der Waals surface area contributed by atoms with Crippen molar-refractivity contribution in [2.45, 2.75) is 16.0 Å². The van der Waals surface area contributed by atoms with E-state index in [4.69, 9.17) is 50.1 Å². The minimum absolute atomic E-state index is 0.550. The van der Waals surface area contributed by atoms with E-state index in [9.17, 15) is 4.79 Å². The zero-order valence-electron chi connectivity index (χ0n) is 6.86. The Morgan fingerprint density at radius 1 is 1.36 bits per heavy atom. The normalized spacial score (nSPS) is 16.1. The van der Waals surface area contributed by atoms with Crippen LogP contribution in [0, 0.1) is 0 Å². The fourth-order valence-electron chi connectivity index (χ4n) is 0.495. The number of rotatable bonds is 4. The largest absolute Gasteiger partial charge is 0.459 e. The van der Waals surface area contributed by atoms with Gasteiger partial charge in [0, 0.05) is 0 Å². The van der Waals surface area contributed by atoms with Crippen molar-refractivity contribution in [1.29, 1.82) is 0 Å². The van der Waals surface area contributed by atoms with Gasteiger partial charge in [0.1, 0.15) is 12.7 Å². The molecule has 14 heavy (non-hydrogen) atoms. The number of aliphatic hydroxyl groups is 3. The third-order valence-electron chi connectivity index (χ3n) is 1.17. The summed E-state index contributed by atoms with van der Waals surface area (Å²) in [6, 6.07) is 0. The molecule has 0 aromatic heterocycles. The molecule has 0 saturated heterocycles. The van der Waals surface area contributed by atoms with Gasteiger partial charge in [0.05, 0.1) is 6.61 Å². The number of alkyl halides is 3. The summed E-state index contributed by atoms with van der Waals surface area (Å²) >= 11 is 15.8. The van der Waals surface area contributed by atoms with Crippen LogP contribution >= 0.6 is 34.8 Å². The van der Waals surface area contributed by atoms with Crippen molar-refractivity contribution in [2.75, 3.05) is 13.2 Å². The van der Waals surface area contributed by atoms with Crippen molar-refractivity contribution in [2.24, 2.45) is 0 Å². The predicted octanol–water partition coefficient (Wildman–Crippen LogP) is -0.386. The van der Waals surface area contributed by atoms with Crippen LogP contribution in [-0.4, -0.2) is 50.5 Å². The lowest BCUT2D eigenvalue weighted by atomic mass is 10.2. The maximum atomic E-state index is 10.9. The number of aliphatic hydroxyl groups excluding tert-OH is 3. The van der Waals surface area contributed by atoms with Gasteiger partial charge in [-0.1, -0.05) is 34.8 Å². The third-order valence-corrected chi connectivity index (χ3v) is 1.50. The zero-order chi connectivity index (χ0) is 11.4. The van der Waals surface area contributed by atoms with Gasteiger partial charge in [-0.15, -0.1) is 0 Å². The molecular formula is C6H9Cl3O5. The number of hydrogen-bond donors (Lipinski definition) is 3. The summed E-state index contributed by atoms with van der Waals surface area (Å²) in [5, 5.41) is 26.2. The molecule has 0 rings (SSSR count). The van der Waals surface area contributed by atoms with Gasteiger partial charge in [-0.2, -0.15) is 0 Å². The van der Waals surface area contributed by atoms with Crippen molar-refractivity contribution in [3.05, 3.63) is 0 Å². The molecule has 0 heterocycles. The zero-order valence-corrected chi connectivity index (χ0v) is 9.13. The molecule has 0 radical (unpaired) electrons. The van der Waals surface area contributed by atoms with Crippen LogP contribution in [0.5, 0.6) is 0 Å². The van der Waals surface area contributed by atoms with Crippen molar-refractivity contribution in [1.82, 2.24) is 0 Å². The summed E-state index contributed by atoms with van der Waals surface area (Å²) in [6.45, 7) is -1.32. The topological polar surface area (TPSA) is 87.0 Å². The fraction of sp³-hybridized carbons (Fsp3) is 0.833. The number of esters is 1. The van der Waals surface area contributed by atoms with Crippen molar-refractivity contribution >= 4 is 40.8 Å². The van der Waals surface area contributed by atoms with Crippen molar-refractivity contribution in [3.8, 4) is 0 Å². The number of halogens is 3. The highest BCUT2D eigenvalue weighted by molar-refractivity contribution is 6.67. The van der Waals surface area contributed by atoms with Crippen LogP contribution in [0.25, 0.3) is 0 Å². The van der Waals surface area contributed by atoms with Crippen LogP contribution in [0.3, 0.4) is 0 Å². The molecule has 0 unspecified atom stereocenters. The second-order valence-electron chi connectivity index (χ2n) is 2.42. The lowest BCUT2D eigenvalue weighted by Crippen LogP contribution is -2.38. The molecule has 84 valence electrons. The van der Waals surface area contributed by atoms with Gasteiger partial charge in [0.15, 0.2) is 6.10 Å². The van der Waals surface area contributed by atoms with Crippen molar-refractivity contribution in [3.63, 3.8) is 0 Å². The standard InChI is InChI=1S/C6H9Cl3O5/c7-6(8,9)2-14-5(13)4(12)3(11)1-10/h3-4,10-12H,1-2H2/t3-,4+/m1/s1. The lowest BCUT2D eigenvalue weighted by Gasteiger charge is -2.16. The first-order chi connectivity index (χ1) is 6.28. The van der Waals surface area contributed by atoms with E-state index in [2.05, 4.69) is 4.74 Å². The van der Waals surface area contributed by atoms with Gasteiger partial charge in [-0.05, 0) is 0 Å². The minimum atomic E-state index is -1.85. The summed E-state index contributed by atoms with van der Waals surface area (Å²) in [5.74, 6) is -1.17. The molecule has 0 aliphatic carbocycles. The molecule has 0 spiro atoms. The van der Waals surface area contributed by atoms with Gasteiger partial charge >= 0.3 is 5.97 Å². The third kappa shape index (κ3) is 5.85. The first-order valence-corrected chi connectivity index (χ1v) is 4.61. The first-order valence-electron chi connectivity index (χ1n) is 3.48. The maximum Gasteiger partial charge on any atom is 0.337 e. The Morgan fingerprint density at radius 2 is 1.86 bits per heavy atom. The highest BCUT2D eigenvalue weighted by Gasteiger charge is 2.28. The van der Waals surface area contributed by atoms with E-state index in [0.29, 0.717) is 0 Å². The van der Waals surface area contributed by atoms with Crippen LogP contribution in [0.4, 0.5) is 0 Å². The molecular weight excluding hydrogens is 258 g/mol. The average Bonchev–Trinajstić information content (AvgIpc) is 2.10. The highest BCUT2D eigenvalue weighted by Crippen LogP contribution is 2.26. The van der Waals surface area contributed by atoms with E-state index in [1.165, 1.54) is 0 Å². The highest BCUT2D eigenvalue weighted by atomic mass is 35.6. The van der Waals surface area contributed by atoms with Gasteiger partial charge in [0.25, 0.3) is 0 Å². The first kappa shape index (κ1) is 14.2. The summed E-state index contributed by atoms with van der Waals surface area (Å²) < 4.78 is 2.56. The Morgan fingerprint density at radius 3 is 2.21 bits per heavy atom. The SMILES string of the molecule is O=C(OCC(Cl)(Cl)Cl)[C@@H](O)[C@H](O)CO. The summed E-state index contributed by atoms with van der Waals surface area (Å²) in [6.07, 6.45) is -3.47. The van der Waals surface area contributed by atoms with E-state index in [0.717, 1.165) is 0 Å². The van der Waals surface area contributed by atoms with Crippen LogP contribution in [-0.2, 0) is 9.53 Å². The summed E-state index contributed by atoms with van der Waals surface area (Å²) in [4.78, 5) is 10.9. The Labute approximate surface area is 95.1 Å². The molecule has 0 fully saturated rings. The molecule has 0 bridgehead atoms. The molecule has 0 amide bonds. The fourth-order valence-corrected chi connectivity index (χ4v) is 0.659. The lowest BCUT2D eigenvalue weighted by molar-refractivity contribution is -0.161. The average molecular weight is 267 g/mol. The quantitative estimate of drug-likeness (QED) is 0.477. The second-order valence-corrected chi connectivity index (χ2v) is 4.93. The molecule has 3 N–H and O–H groups in total. The Kier molecular flexibility index (Phi) is 6.04. The molecule has 8 heteroatoms. The number of carbonyl (C=O) groups excluding carboxylic acids is 1. The Hall–Kier alpha value is 0.220. The van der Waals surface area contributed by atoms with Crippen LogP contribution in [0.1, 0.15) is 0 Å². The van der Waals surface area contributed by atoms with E-state index >= 15 is 0 Å². The molecule has 5 nitrogen and oxygen atoms in total. The Bertz CT molecular complexity index is 192. The van der Waals surface area contributed by atoms with Gasteiger partial charge < -0.3 is 20.1 Å². The van der Waals surface area contributed by atoms with E-state index in [1.54, 1.807) is 0 Å². The molecule has 0 saturated carbocycles. The van der Waals surface area contributed by atoms with Crippen LogP contribution in [0.2, 0.25) is 0 Å². The number of carbonyl (C=O) groups is 1. The molecule has 0 aromatic rings. The minimum Gasteiger partial charge on any atom is -0.459 e. The molecule has 0 aliphatic rings. The van der Waals surface area contributed by atoms with Gasteiger partial charge in [0.2, 0.25) is 3.79 Å². The van der Waals surface area contributed by atoms with Crippen molar-refractivity contribution < 1.29 is 24.9 Å². The number of hydrogen-bond acceptors (Lipinski definition) is 5.